The maximum Gasteiger partial charge on any atom is 0.287 e. The molecular formula is C16H17ClN4O2. The van der Waals surface area contributed by atoms with Crippen molar-refractivity contribution in [1.29, 1.82) is 0 Å². The first-order chi connectivity index (χ1) is 11.1. The van der Waals surface area contributed by atoms with Crippen LogP contribution in [0.3, 0.4) is 0 Å². The van der Waals surface area contributed by atoms with E-state index in [1.54, 1.807) is 6.07 Å². The minimum absolute atomic E-state index is 0.0233. The summed E-state index contributed by atoms with van der Waals surface area (Å²) in [5, 5.41) is 11.4. The Bertz CT molecular complexity index is 667. The lowest BCUT2D eigenvalue weighted by molar-refractivity contribution is -0.385. The lowest BCUT2D eigenvalue weighted by Gasteiger charge is -2.35. The molecule has 1 aliphatic heterocycles. The molecule has 0 N–H and O–H groups in total. The second-order valence-electron chi connectivity index (χ2n) is 5.52. The minimum Gasteiger partial charge on any atom is -0.354 e. The Morgan fingerprint density at radius 2 is 1.78 bits per heavy atom. The fraction of sp³-hybridized carbons (Fsp3) is 0.312. The molecule has 1 fully saturated rings. The van der Waals surface area contributed by atoms with Crippen LogP contribution in [0.4, 0.5) is 11.5 Å². The van der Waals surface area contributed by atoms with Crippen molar-refractivity contribution < 1.29 is 4.92 Å². The molecule has 1 aliphatic rings. The summed E-state index contributed by atoms with van der Waals surface area (Å²) < 4.78 is 0. The van der Waals surface area contributed by atoms with Gasteiger partial charge in [0.25, 0.3) is 5.69 Å². The maximum atomic E-state index is 10.7. The number of rotatable bonds is 4. The molecule has 3 rings (SSSR count). The van der Waals surface area contributed by atoms with Gasteiger partial charge in [-0.05, 0) is 23.8 Å². The topological polar surface area (TPSA) is 62.5 Å². The number of anilines is 1. The molecule has 0 spiro atoms. The molecule has 0 radical (unpaired) electrons. The van der Waals surface area contributed by atoms with Gasteiger partial charge < -0.3 is 4.90 Å². The Labute approximate surface area is 139 Å². The van der Waals surface area contributed by atoms with E-state index < -0.39 is 4.92 Å². The van der Waals surface area contributed by atoms with Crippen LogP contribution < -0.4 is 4.90 Å². The molecule has 1 aromatic heterocycles. The summed E-state index contributed by atoms with van der Waals surface area (Å²) in [5.41, 5.74) is 1.27. The number of aromatic nitrogens is 1. The van der Waals surface area contributed by atoms with Gasteiger partial charge >= 0.3 is 0 Å². The van der Waals surface area contributed by atoms with Gasteiger partial charge in [0.15, 0.2) is 0 Å². The van der Waals surface area contributed by atoms with Crippen molar-refractivity contribution in [2.75, 3.05) is 31.1 Å². The van der Waals surface area contributed by atoms with Gasteiger partial charge in [-0.2, -0.15) is 0 Å². The zero-order valence-corrected chi connectivity index (χ0v) is 13.3. The van der Waals surface area contributed by atoms with Crippen molar-refractivity contribution in [3.63, 3.8) is 0 Å². The normalized spacial score (nSPS) is 15.6. The Hall–Kier alpha value is -2.18. The van der Waals surface area contributed by atoms with E-state index in [0.717, 1.165) is 43.6 Å². The van der Waals surface area contributed by atoms with E-state index in [9.17, 15) is 10.1 Å². The number of nitrogens with zero attached hydrogens (tertiary/aromatic N) is 4. The zero-order valence-electron chi connectivity index (χ0n) is 12.6. The molecule has 7 heteroatoms. The van der Waals surface area contributed by atoms with Gasteiger partial charge in [0.1, 0.15) is 12.0 Å². The maximum absolute atomic E-state index is 10.7. The summed E-state index contributed by atoms with van der Waals surface area (Å²) in [4.78, 5) is 19.0. The standard InChI is InChI=1S/C16H17ClN4O2/c17-14-3-1-13(2-4-14)12-19-7-9-20(10-8-19)16-6-5-15(11-18-16)21(22)23/h1-6,11H,7-10,12H2. The van der Waals surface area contributed by atoms with Crippen LogP contribution in [0, 0.1) is 10.1 Å². The third-order valence-electron chi connectivity index (χ3n) is 3.96. The van der Waals surface area contributed by atoms with Gasteiger partial charge in [0, 0.05) is 43.8 Å². The molecule has 2 heterocycles. The monoisotopic (exact) mass is 332 g/mol. The highest BCUT2D eigenvalue weighted by molar-refractivity contribution is 6.30. The van der Waals surface area contributed by atoms with Crippen LogP contribution in [-0.4, -0.2) is 41.0 Å². The molecule has 1 saturated heterocycles. The van der Waals surface area contributed by atoms with E-state index in [0.29, 0.717) is 0 Å². The second-order valence-corrected chi connectivity index (χ2v) is 5.96. The molecule has 0 saturated carbocycles. The second kappa shape index (κ2) is 6.93. The van der Waals surface area contributed by atoms with E-state index in [1.165, 1.54) is 17.8 Å². The average molecular weight is 333 g/mol. The lowest BCUT2D eigenvalue weighted by atomic mass is 10.2. The molecule has 120 valence electrons. The Balaban J connectivity index is 1.55. The van der Waals surface area contributed by atoms with E-state index in [-0.39, 0.29) is 5.69 Å². The third kappa shape index (κ3) is 3.97. The Morgan fingerprint density at radius 3 is 2.35 bits per heavy atom. The molecular weight excluding hydrogens is 316 g/mol. The van der Waals surface area contributed by atoms with Crippen molar-refractivity contribution in [1.82, 2.24) is 9.88 Å². The lowest BCUT2D eigenvalue weighted by Crippen LogP contribution is -2.46. The smallest absolute Gasteiger partial charge is 0.287 e. The van der Waals surface area contributed by atoms with E-state index in [1.807, 2.05) is 24.3 Å². The molecule has 0 bridgehead atoms. The van der Waals surface area contributed by atoms with E-state index in [4.69, 9.17) is 11.6 Å². The number of hydrogen-bond acceptors (Lipinski definition) is 5. The van der Waals surface area contributed by atoms with Gasteiger partial charge in [-0.1, -0.05) is 23.7 Å². The molecule has 1 aromatic carbocycles. The van der Waals surface area contributed by atoms with Crippen molar-refractivity contribution in [2.45, 2.75) is 6.54 Å². The largest absolute Gasteiger partial charge is 0.354 e. The summed E-state index contributed by atoms with van der Waals surface area (Å²) in [6, 6.07) is 11.1. The van der Waals surface area contributed by atoms with Crippen LogP contribution in [0.1, 0.15) is 5.56 Å². The third-order valence-corrected chi connectivity index (χ3v) is 4.21. The fourth-order valence-corrected chi connectivity index (χ4v) is 2.78. The molecule has 6 nitrogen and oxygen atoms in total. The van der Waals surface area contributed by atoms with Crippen molar-refractivity contribution in [2.24, 2.45) is 0 Å². The number of pyridine rings is 1. The van der Waals surface area contributed by atoms with Crippen LogP contribution in [0.2, 0.25) is 5.02 Å². The number of piperazine rings is 1. The van der Waals surface area contributed by atoms with Crippen molar-refractivity contribution >= 4 is 23.1 Å². The molecule has 0 unspecified atom stereocenters. The SMILES string of the molecule is O=[N+]([O-])c1ccc(N2CCN(Cc3ccc(Cl)cc3)CC2)nc1. The number of nitro groups is 1. The van der Waals surface area contributed by atoms with Crippen LogP contribution in [0.15, 0.2) is 42.6 Å². The van der Waals surface area contributed by atoms with Gasteiger partial charge in [0.2, 0.25) is 0 Å². The van der Waals surface area contributed by atoms with E-state index >= 15 is 0 Å². The first-order valence-corrected chi connectivity index (χ1v) is 7.82. The quantitative estimate of drug-likeness (QED) is 0.636. The van der Waals surface area contributed by atoms with Gasteiger partial charge in [-0.3, -0.25) is 15.0 Å². The zero-order chi connectivity index (χ0) is 16.2. The molecule has 0 amide bonds. The van der Waals surface area contributed by atoms with Crippen LogP contribution in [-0.2, 0) is 6.54 Å². The predicted molar refractivity (Wildman–Crippen MR) is 89.8 cm³/mol. The number of halogens is 1. The van der Waals surface area contributed by atoms with Gasteiger partial charge in [-0.25, -0.2) is 4.98 Å². The van der Waals surface area contributed by atoms with Crippen LogP contribution >= 0.6 is 11.6 Å². The Morgan fingerprint density at radius 1 is 1.09 bits per heavy atom. The van der Waals surface area contributed by atoms with E-state index in [2.05, 4.69) is 14.8 Å². The average Bonchev–Trinajstić information content (AvgIpc) is 2.58. The summed E-state index contributed by atoms with van der Waals surface area (Å²) in [6.07, 6.45) is 1.31. The summed E-state index contributed by atoms with van der Waals surface area (Å²) in [6.45, 7) is 4.48. The summed E-state index contributed by atoms with van der Waals surface area (Å²) in [7, 11) is 0. The van der Waals surface area contributed by atoms with Crippen molar-refractivity contribution in [3.8, 4) is 0 Å². The van der Waals surface area contributed by atoms with Gasteiger partial charge in [0.05, 0.1) is 4.92 Å². The first kappa shape index (κ1) is 15.7. The van der Waals surface area contributed by atoms with Crippen LogP contribution in [0.5, 0.6) is 0 Å². The highest BCUT2D eigenvalue weighted by Crippen LogP contribution is 2.18. The summed E-state index contributed by atoms with van der Waals surface area (Å²) >= 11 is 5.90. The molecule has 0 aliphatic carbocycles. The number of benzene rings is 1. The summed E-state index contributed by atoms with van der Waals surface area (Å²) in [5.74, 6) is 0.793. The Kier molecular flexibility index (Phi) is 4.73. The highest BCUT2D eigenvalue weighted by Gasteiger charge is 2.18. The molecule has 23 heavy (non-hydrogen) atoms. The van der Waals surface area contributed by atoms with Gasteiger partial charge in [-0.15, -0.1) is 0 Å². The first-order valence-electron chi connectivity index (χ1n) is 7.44. The molecule has 0 atom stereocenters. The number of hydrogen-bond donors (Lipinski definition) is 0. The highest BCUT2D eigenvalue weighted by atomic mass is 35.5. The van der Waals surface area contributed by atoms with Crippen molar-refractivity contribution in [3.05, 3.63) is 63.3 Å². The molecule has 2 aromatic rings. The van der Waals surface area contributed by atoms with Crippen LogP contribution in [0.25, 0.3) is 0 Å². The minimum atomic E-state index is -0.430. The fourth-order valence-electron chi connectivity index (χ4n) is 2.66. The predicted octanol–water partition coefficient (Wildman–Crippen LogP) is 2.97.